The van der Waals surface area contributed by atoms with Crippen molar-refractivity contribution in [3.63, 3.8) is 0 Å². The average Bonchev–Trinajstić information content (AvgIpc) is 2.93. The molecule has 0 saturated heterocycles. The van der Waals surface area contributed by atoms with E-state index >= 15 is 0 Å². The fourth-order valence-electron chi connectivity index (χ4n) is 2.20. The number of rotatable bonds is 6. The van der Waals surface area contributed by atoms with Crippen molar-refractivity contribution in [2.45, 2.75) is 25.9 Å². The minimum absolute atomic E-state index is 0.0547. The average molecular weight is 273 g/mol. The number of furan rings is 1. The summed E-state index contributed by atoms with van der Waals surface area (Å²) in [5.41, 5.74) is 1.90. The second-order valence-corrected chi connectivity index (χ2v) is 4.95. The van der Waals surface area contributed by atoms with Gasteiger partial charge < -0.3 is 9.52 Å². The molecule has 0 aliphatic rings. The van der Waals surface area contributed by atoms with Crippen LogP contribution < -0.4 is 0 Å². The summed E-state index contributed by atoms with van der Waals surface area (Å²) >= 11 is 0. The van der Waals surface area contributed by atoms with E-state index in [4.69, 9.17) is 9.52 Å². The molecule has 0 bridgehead atoms. The topological polar surface area (TPSA) is 53.7 Å². The Morgan fingerprint density at radius 3 is 2.55 bits per heavy atom. The van der Waals surface area contributed by atoms with Crippen LogP contribution in [0.15, 0.2) is 47.1 Å². The van der Waals surface area contributed by atoms with E-state index in [-0.39, 0.29) is 12.5 Å². The molecule has 20 heavy (non-hydrogen) atoms. The SMILES string of the molecule is CC(c1ccco1)N(C)Cc1ccccc1CC(=O)O. The van der Waals surface area contributed by atoms with E-state index in [1.807, 2.05) is 43.4 Å². The maximum Gasteiger partial charge on any atom is 0.307 e. The molecule has 4 heteroatoms. The lowest BCUT2D eigenvalue weighted by Crippen LogP contribution is -2.22. The molecule has 0 aliphatic heterocycles. The highest BCUT2D eigenvalue weighted by Gasteiger charge is 2.16. The fraction of sp³-hybridized carbons (Fsp3) is 0.312. The van der Waals surface area contributed by atoms with Crippen molar-refractivity contribution in [2.75, 3.05) is 7.05 Å². The molecule has 0 aliphatic carbocycles. The molecule has 1 heterocycles. The second-order valence-electron chi connectivity index (χ2n) is 4.95. The molecule has 1 atom stereocenters. The Balaban J connectivity index is 2.11. The van der Waals surface area contributed by atoms with Gasteiger partial charge in [0.15, 0.2) is 0 Å². The van der Waals surface area contributed by atoms with Gasteiger partial charge in [0.05, 0.1) is 18.7 Å². The minimum Gasteiger partial charge on any atom is -0.481 e. The van der Waals surface area contributed by atoms with Crippen molar-refractivity contribution in [3.05, 3.63) is 59.5 Å². The summed E-state index contributed by atoms with van der Waals surface area (Å²) in [5.74, 6) is 0.0994. The first-order valence-electron chi connectivity index (χ1n) is 6.60. The standard InChI is InChI=1S/C16H19NO3/c1-12(15-8-5-9-20-15)17(2)11-14-7-4-3-6-13(14)10-16(18)19/h3-9,12H,10-11H2,1-2H3,(H,18,19). The lowest BCUT2D eigenvalue weighted by Gasteiger charge is -2.24. The third kappa shape index (κ3) is 3.48. The van der Waals surface area contributed by atoms with Gasteiger partial charge in [-0.1, -0.05) is 24.3 Å². The van der Waals surface area contributed by atoms with Gasteiger partial charge in [-0.2, -0.15) is 0 Å². The third-order valence-electron chi connectivity index (χ3n) is 3.50. The first kappa shape index (κ1) is 14.3. The zero-order valence-corrected chi connectivity index (χ0v) is 11.7. The number of carbonyl (C=O) groups is 1. The van der Waals surface area contributed by atoms with E-state index in [1.54, 1.807) is 6.26 Å². The monoisotopic (exact) mass is 273 g/mol. The second kappa shape index (κ2) is 6.39. The number of benzene rings is 1. The molecular weight excluding hydrogens is 254 g/mol. The van der Waals surface area contributed by atoms with Crippen LogP contribution in [0.4, 0.5) is 0 Å². The van der Waals surface area contributed by atoms with E-state index in [9.17, 15) is 4.79 Å². The Morgan fingerprint density at radius 2 is 1.95 bits per heavy atom. The Kier molecular flexibility index (Phi) is 4.58. The summed E-state index contributed by atoms with van der Waals surface area (Å²) < 4.78 is 5.41. The van der Waals surface area contributed by atoms with Crippen molar-refractivity contribution in [1.29, 1.82) is 0 Å². The van der Waals surface area contributed by atoms with Gasteiger partial charge in [-0.25, -0.2) is 0 Å². The molecule has 0 spiro atoms. The number of carboxylic acids is 1. The zero-order chi connectivity index (χ0) is 14.5. The molecule has 1 aromatic heterocycles. The molecular formula is C16H19NO3. The highest BCUT2D eigenvalue weighted by atomic mass is 16.4. The van der Waals surface area contributed by atoms with Gasteiger partial charge in [-0.3, -0.25) is 9.69 Å². The van der Waals surface area contributed by atoms with Crippen molar-refractivity contribution in [2.24, 2.45) is 0 Å². The molecule has 2 aromatic rings. The molecule has 0 saturated carbocycles. The summed E-state index contributed by atoms with van der Waals surface area (Å²) in [6, 6.07) is 11.6. The lowest BCUT2D eigenvalue weighted by molar-refractivity contribution is -0.136. The Bertz CT molecular complexity index is 563. The quantitative estimate of drug-likeness (QED) is 0.878. The first-order chi connectivity index (χ1) is 9.58. The van der Waals surface area contributed by atoms with Crippen LogP contribution in [-0.4, -0.2) is 23.0 Å². The van der Waals surface area contributed by atoms with Crippen LogP contribution in [0.1, 0.15) is 29.9 Å². The summed E-state index contributed by atoms with van der Waals surface area (Å²) in [7, 11) is 2.00. The van der Waals surface area contributed by atoms with Crippen LogP contribution in [0, 0.1) is 0 Å². The van der Waals surface area contributed by atoms with E-state index in [0.29, 0.717) is 6.54 Å². The molecule has 1 aromatic carbocycles. The molecule has 2 rings (SSSR count). The van der Waals surface area contributed by atoms with Gasteiger partial charge in [-0.15, -0.1) is 0 Å². The fourth-order valence-corrected chi connectivity index (χ4v) is 2.20. The van der Waals surface area contributed by atoms with E-state index in [1.165, 1.54) is 0 Å². The largest absolute Gasteiger partial charge is 0.481 e. The van der Waals surface area contributed by atoms with Crippen molar-refractivity contribution >= 4 is 5.97 Å². The molecule has 106 valence electrons. The summed E-state index contributed by atoms with van der Waals surface area (Å²) in [6.45, 7) is 2.75. The maximum atomic E-state index is 10.9. The summed E-state index contributed by atoms with van der Waals surface area (Å²) in [6.07, 6.45) is 1.72. The predicted octanol–water partition coefficient (Wildman–Crippen LogP) is 3.10. The predicted molar refractivity (Wildman–Crippen MR) is 76.4 cm³/mol. The van der Waals surface area contributed by atoms with Gasteiger partial charge >= 0.3 is 5.97 Å². The Labute approximate surface area is 118 Å². The number of hydrogen-bond donors (Lipinski definition) is 1. The van der Waals surface area contributed by atoms with E-state index in [0.717, 1.165) is 16.9 Å². The van der Waals surface area contributed by atoms with Crippen molar-refractivity contribution in [1.82, 2.24) is 4.90 Å². The smallest absolute Gasteiger partial charge is 0.307 e. The Morgan fingerprint density at radius 1 is 1.25 bits per heavy atom. The maximum absolute atomic E-state index is 10.9. The van der Waals surface area contributed by atoms with Crippen LogP contribution in [0.25, 0.3) is 0 Å². The van der Waals surface area contributed by atoms with Crippen molar-refractivity contribution in [3.8, 4) is 0 Å². The molecule has 0 amide bonds. The van der Waals surface area contributed by atoms with Crippen LogP contribution in [0.2, 0.25) is 0 Å². The van der Waals surface area contributed by atoms with Gasteiger partial charge in [0, 0.05) is 6.54 Å². The molecule has 1 N–H and O–H groups in total. The number of hydrogen-bond acceptors (Lipinski definition) is 3. The van der Waals surface area contributed by atoms with Crippen LogP contribution in [0.3, 0.4) is 0 Å². The van der Waals surface area contributed by atoms with E-state index in [2.05, 4.69) is 11.8 Å². The van der Waals surface area contributed by atoms with Gasteiger partial charge in [0.25, 0.3) is 0 Å². The number of aliphatic carboxylic acids is 1. The zero-order valence-electron chi connectivity index (χ0n) is 11.7. The van der Waals surface area contributed by atoms with Gasteiger partial charge in [0.1, 0.15) is 5.76 Å². The molecule has 0 radical (unpaired) electrons. The van der Waals surface area contributed by atoms with Crippen molar-refractivity contribution < 1.29 is 14.3 Å². The van der Waals surface area contributed by atoms with Crippen LogP contribution >= 0.6 is 0 Å². The molecule has 1 unspecified atom stereocenters. The van der Waals surface area contributed by atoms with Crippen LogP contribution in [0.5, 0.6) is 0 Å². The normalized spacial score (nSPS) is 12.6. The van der Waals surface area contributed by atoms with Crippen LogP contribution in [-0.2, 0) is 17.8 Å². The first-order valence-corrected chi connectivity index (χ1v) is 6.60. The lowest BCUT2D eigenvalue weighted by atomic mass is 10.0. The number of nitrogens with zero attached hydrogens (tertiary/aromatic N) is 1. The highest BCUT2D eigenvalue weighted by Crippen LogP contribution is 2.22. The van der Waals surface area contributed by atoms with E-state index < -0.39 is 5.97 Å². The number of carboxylic acid groups (broad SMARTS) is 1. The van der Waals surface area contributed by atoms with Gasteiger partial charge in [0.2, 0.25) is 0 Å². The minimum atomic E-state index is -0.806. The van der Waals surface area contributed by atoms with Gasteiger partial charge in [-0.05, 0) is 37.2 Å². The molecule has 4 nitrogen and oxygen atoms in total. The summed E-state index contributed by atoms with van der Waals surface area (Å²) in [5, 5.41) is 8.96. The third-order valence-corrected chi connectivity index (χ3v) is 3.50. The molecule has 0 fully saturated rings. The highest BCUT2D eigenvalue weighted by molar-refractivity contribution is 5.70. The summed E-state index contributed by atoms with van der Waals surface area (Å²) in [4.78, 5) is 13.0. The Hall–Kier alpha value is -2.07.